The van der Waals surface area contributed by atoms with Gasteiger partial charge in [0.05, 0.1) is 4.88 Å². The Balaban J connectivity index is 2.43. The van der Waals surface area contributed by atoms with Crippen molar-refractivity contribution < 1.29 is 5.11 Å². The summed E-state index contributed by atoms with van der Waals surface area (Å²) in [6.07, 6.45) is 0.889. The Hall–Kier alpha value is -1.62. The van der Waals surface area contributed by atoms with Crippen LogP contribution in [0.3, 0.4) is 0 Å². The van der Waals surface area contributed by atoms with Crippen molar-refractivity contribution in [2.45, 2.75) is 33.7 Å². The van der Waals surface area contributed by atoms with Gasteiger partial charge >= 0.3 is 0 Å². The van der Waals surface area contributed by atoms with Gasteiger partial charge in [-0.1, -0.05) is 13.8 Å². The largest absolute Gasteiger partial charge is 0.505 e. The summed E-state index contributed by atoms with van der Waals surface area (Å²) in [6, 6.07) is 3.23. The first-order valence-corrected chi connectivity index (χ1v) is 7.22. The smallest absolute Gasteiger partial charge is 0.270 e. The number of nitrogens with zero attached hydrogens (tertiary/aromatic N) is 2. The van der Waals surface area contributed by atoms with Gasteiger partial charge in [-0.2, -0.15) is 5.10 Å². The van der Waals surface area contributed by atoms with Gasteiger partial charge in [-0.3, -0.25) is 4.79 Å². The lowest BCUT2D eigenvalue weighted by atomic mass is 10.1. The topological polar surface area (TPSA) is 55.1 Å². The van der Waals surface area contributed by atoms with E-state index in [1.165, 1.54) is 22.1 Å². The van der Waals surface area contributed by atoms with Gasteiger partial charge in [0.15, 0.2) is 0 Å². The lowest BCUT2D eigenvalue weighted by Crippen LogP contribution is -2.23. The second-order valence-corrected chi connectivity index (χ2v) is 5.97. The van der Waals surface area contributed by atoms with Crippen LogP contribution < -0.4 is 5.56 Å². The van der Waals surface area contributed by atoms with E-state index in [-0.39, 0.29) is 11.3 Å². The molecule has 19 heavy (non-hydrogen) atoms. The number of hydrogen-bond donors (Lipinski definition) is 1. The Morgan fingerprint density at radius 2 is 2.21 bits per heavy atom. The number of aromatic hydroxyl groups is 1. The molecule has 0 saturated heterocycles. The molecule has 0 aliphatic heterocycles. The van der Waals surface area contributed by atoms with Crippen LogP contribution in [-0.2, 0) is 6.54 Å². The van der Waals surface area contributed by atoms with Crippen molar-refractivity contribution in [3.05, 3.63) is 33.4 Å². The van der Waals surface area contributed by atoms with Crippen molar-refractivity contribution in [3.63, 3.8) is 0 Å². The summed E-state index contributed by atoms with van der Waals surface area (Å²) in [5.74, 6) is 0.464. The lowest BCUT2D eigenvalue weighted by Gasteiger charge is -2.09. The molecule has 0 aliphatic rings. The number of thiophene rings is 1. The van der Waals surface area contributed by atoms with E-state index in [0.717, 1.165) is 16.9 Å². The van der Waals surface area contributed by atoms with Gasteiger partial charge in [0.25, 0.3) is 5.56 Å². The predicted octanol–water partition coefficient (Wildman–Crippen LogP) is 3.03. The standard InChI is InChI=1S/C14H18N2O2S/c1-9(2)4-6-16-12(18)8-11(17)13(15-16)14-10(3)5-7-19-14/h5,7-9,17H,4,6H2,1-3H3. The molecule has 2 aromatic heterocycles. The summed E-state index contributed by atoms with van der Waals surface area (Å²) in [6.45, 7) is 6.76. The third kappa shape index (κ3) is 3.04. The van der Waals surface area contributed by atoms with Crippen LogP contribution in [0, 0.1) is 12.8 Å². The molecule has 2 rings (SSSR count). The van der Waals surface area contributed by atoms with Crippen LogP contribution in [0.2, 0.25) is 0 Å². The SMILES string of the molecule is Cc1ccsc1-c1nn(CCC(C)C)c(=O)cc1O. The molecule has 102 valence electrons. The minimum atomic E-state index is -0.254. The Morgan fingerprint density at radius 1 is 1.47 bits per heavy atom. The number of rotatable bonds is 4. The second-order valence-electron chi connectivity index (χ2n) is 5.05. The molecule has 0 spiro atoms. The quantitative estimate of drug-likeness (QED) is 0.935. The van der Waals surface area contributed by atoms with Crippen LogP contribution in [0.15, 0.2) is 22.3 Å². The van der Waals surface area contributed by atoms with Crippen LogP contribution in [0.4, 0.5) is 0 Å². The highest BCUT2D eigenvalue weighted by Crippen LogP contribution is 2.32. The van der Waals surface area contributed by atoms with Gasteiger partial charge in [0.2, 0.25) is 0 Å². The van der Waals surface area contributed by atoms with Crippen LogP contribution in [0.1, 0.15) is 25.8 Å². The Bertz CT molecular complexity index is 629. The van der Waals surface area contributed by atoms with Crippen LogP contribution in [-0.4, -0.2) is 14.9 Å². The minimum absolute atomic E-state index is 0.0450. The second kappa shape index (κ2) is 5.57. The fraction of sp³-hybridized carbons (Fsp3) is 0.429. The molecule has 0 amide bonds. The highest BCUT2D eigenvalue weighted by Gasteiger charge is 2.13. The van der Waals surface area contributed by atoms with E-state index < -0.39 is 0 Å². The highest BCUT2D eigenvalue weighted by molar-refractivity contribution is 7.13. The molecule has 0 bridgehead atoms. The number of aryl methyl sites for hydroxylation is 2. The fourth-order valence-corrected chi connectivity index (χ4v) is 2.72. The first-order valence-electron chi connectivity index (χ1n) is 6.34. The average molecular weight is 278 g/mol. The maximum absolute atomic E-state index is 11.8. The molecule has 4 nitrogen and oxygen atoms in total. The van der Waals surface area contributed by atoms with Gasteiger partial charge in [-0.15, -0.1) is 11.3 Å². The van der Waals surface area contributed by atoms with Gasteiger partial charge in [-0.25, -0.2) is 4.68 Å². The van der Waals surface area contributed by atoms with Crippen LogP contribution >= 0.6 is 11.3 Å². The molecule has 2 aromatic rings. The third-order valence-corrected chi connectivity index (χ3v) is 4.00. The van der Waals surface area contributed by atoms with Gasteiger partial charge in [0, 0.05) is 12.6 Å². The maximum atomic E-state index is 11.8. The molecule has 0 fully saturated rings. The van der Waals surface area contributed by atoms with Crippen molar-refractivity contribution in [1.82, 2.24) is 9.78 Å². The Morgan fingerprint density at radius 3 is 2.79 bits per heavy atom. The van der Waals surface area contributed by atoms with Crippen molar-refractivity contribution in [3.8, 4) is 16.3 Å². The van der Waals surface area contributed by atoms with Crippen molar-refractivity contribution in [1.29, 1.82) is 0 Å². The van der Waals surface area contributed by atoms with E-state index in [9.17, 15) is 9.90 Å². The van der Waals surface area contributed by atoms with Crippen LogP contribution in [0.25, 0.3) is 10.6 Å². The number of aromatic nitrogens is 2. The van der Waals surface area contributed by atoms with E-state index in [0.29, 0.717) is 18.2 Å². The minimum Gasteiger partial charge on any atom is -0.505 e. The van der Waals surface area contributed by atoms with Gasteiger partial charge < -0.3 is 5.11 Å². The fourth-order valence-electron chi connectivity index (χ4n) is 1.80. The zero-order valence-corrected chi connectivity index (χ0v) is 12.2. The third-order valence-electron chi connectivity index (χ3n) is 2.97. The Kier molecular flexibility index (Phi) is 4.04. The molecule has 1 N–H and O–H groups in total. The molecular weight excluding hydrogens is 260 g/mol. The molecule has 0 atom stereocenters. The lowest BCUT2D eigenvalue weighted by molar-refractivity contribution is 0.445. The molecule has 0 aliphatic carbocycles. The molecule has 0 aromatic carbocycles. The van der Waals surface area contributed by atoms with E-state index in [4.69, 9.17) is 0 Å². The predicted molar refractivity (Wildman–Crippen MR) is 77.7 cm³/mol. The average Bonchev–Trinajstić information content (AvgIpc) is 2.74. The van der Waals surface area contributed by atoms with Gasteiger partial charge in [-0.05, 0) is 36.3 Å². The summed E-state index contributed by atoms with van der Waals surface area (Å²) < 4.78 is 1.44. The van der Waals surface area contributed by atoms with Gasteiger partial charge in [0.1, 0.15) is 11.4 Å². The number of hydrogen-bond acceptors (Lipinski definition) is 4. The first kappa shape index (κ1) is 13.8. The zero-order chi connectivity index (χ0) is 14.0. The zero-order valence-electron chi connectivity index (χ0n) is 11.4. The summed E-state index contributed by atoms with van der Waals surface area (Å²) in [7, 11) is 0. The maximum Gasteiger partial charge on any atom is 0.270 e. The molecular formula is C14H18N2O2S. The van der Waals surface area contributed by atoms with Crippen molar-refractivity contribution >= 4 is 11.3 Å². The van der Waals surface area contributed by atoms with Crippen molar-refractivity contribution in [2.24, 2.45) is 5.92 Å². The molecule has 5 heteroatoms. The highest BCUT2D eigenvalue weighted by atomic mass is 32.1. The molecule has 0 unspecified atom stereocenters. The molecule has 0 radical (unpaired) electrons. The Labute approximate surface area is 116 Å². The van der Waals surface area contributed by atoms with E-state index in [1.54, 1.807) is 0 Å². The molecule has 2 heterocycles. The normalized spacial score (nSPS) is 11.2. The summed E-state index contributed by atoms with van der Waals surface area (Å²) in [5, 5.41) is 16.2. The molecule has 0 saturated carbocycles. The summed E-state index contributed by atoms with van der Waals surface area (Å²) >= 11 is 1.52. The van der Waals surface area contributed by atoms with Crippen LogP contribution in [0.5, 0.6) is 5.75 Å². The van der Waals surface area contributed by atoms with E-state index >= 15 is 0 Å². The first-order chi connectivity index (χ1) is 8.99. The summed E-state index contributed by atoms with van der Waals surface area (Å²) in [4.78, 5) is 12.7. The monoisotopic (exact) mass is 278 g/mol. The van der Waals surface area contributed by atoms with E-state index in [1.807, 2.05) is 18.4 Å². The van der Waals surface area contributed by atoms with E-state index in [2.05, 4.69) is 18.9 Å². The van der Waals surface area contributed by atoms with Crippen molar-refractivity contribution in [2.75, 3.05) is 0 Å². The summed E-state index contributed by atoms with van der Waals surface area (Å²) in [5.41, 5.74) is 1.30.